The Morgan fingerprint density at radius 1 is 1.57 bits per heavy atom. The zero-order valence-electron chi connectivity index (χ0n) is 7.08. The van der Waals surface area contributed by atoms with E-state index in [0.29, 0.717) is 5.56 Å². The van der Waals surface area contributed by atoms with Crippen molar-refractivity contribution in [2.75, 3.05) is 0 Å². The Kier molecular flexibility index (Phi) is 3.43. The zero-order chi connectivity index (χ0) is 10.7. The maximum absolute atomic E-state index is 12.7. The van der Waals surface area contributed by atoms with E-state index in [0.717, 1.165) is 6.07 Å². The van der Waals surface area contributed by atoms with E-state index in [4.69, 9.17) is 16.7 Å². The zero-order valence-corrected chi connectivity index (χ0v) is 7.83. The molecule has 1 aromatic carbocycles. The second kappa shape index (κ2) is 4.39. The third kappa shape index (κ3) is 2.68. The predicted octanol–water partition coefficient (Wildman–Crippen LogP) is 1.99. The number of hydrogen-bond acceptors (Lipinski definition) is 2. The number of aliphatic hydroxyl groups excluding tert-OH is 1. The van der Waals surface area contributed by atoms with Crippen LogP contribution >= 0.6 is 11.6 Å². The van der Waals surface area contributed by atoms with Gasteiger partial charge >= 0.3 is 5.97 Å². The van der Waals surface area contributed by atoms with Gasteiger partial charge in [-0.1, -0.05) is 17.7 Å². The first-order chi connectivity index (χ1) is 6.50. The first kappa shape index (κ1) is 10.9. The van der Waals surface area contributed by atoms with Gasteiger partial charge in [0.05, 0.1) is 17.5 Å². The number of carboxylic acid groups (broad SMARTS) is 1. The lowest BCUT2D eigenvalue weighted by atomic mass is 10.1. The lowest BCUT2D eigenvalue weighted by Gasteiger charge is -2.08. The average molecular weight is 219 g/mol. The van der Waals surface area contributed by atoms with Crippen molar-refractivity contribution in [1.29, 1.82) is 0 Å². The third-order valence-electron chi connectivity index (χ3n) is 1.70. The molecule has 0 bridgehead atoms. The van der Waals surface area contributed by atoms with E-state index in [1.807, 2.05) is 0 Å². The highest BCUT2D eigenvalue weighted by atomic mass is 35.5. The molecule has 1 aromatic rings. The SMILES string of the molecule is O=C(O)C[C@@H](O)c1ccc(F)c(Cl)c1. The lowest BCUT2D eigenvalue weighted by Crippen LogP contribution is -2.05. The van der Waals surface area contributed by atoms with Gasteiger partial charge in [-0.05, 0) is 17.7 Å². The first-order valence-corrected chi connectivity index (χ1v) is 4.23. The van der Waals surface area contributed by atoms with Gasteiger partial charge in [-0.3, -0.25) is 4.79 Å². The van der Waals surface area contributed by atoms with Crippen LogP contribution in [0.3, 0.4) is 0 Å². The molecule has 0 heterocycles. The molecule has 0 aliphatic heterocycles. The van der Waals surface area contributed by atoms with Crippen LogP contribution in [0.25, 0.3) is 0 Å². The van der Waals surface area contributed by atoms with E-state index < -0.39 is 24.3 Å². The molecule has 0 saturated heterocycles. The summed E-state index contributed by atoms with van der Waals surface area (Å²) in [6.07, 6.45) is -1.59. The van der Waals surface area contributed by atoms with Crippen molar-refractivity contribution in [3.63, 3.8) is 0 Å². The molecular weight excluding hydrogens is 211 g/mol. The predicted molar refractivity (Wildman–Crippen MR) is 48.6 cm³/mol. The van der Waals surface area contributed by atoms with E-state index in [1.54, 1.807) is 0 Å². The van der Waals surface area contributed by atoms with Crippen LogP contribution in [-0.4, -0.2) is 16.2 Å². The van der Waals surface area contributed by atoms with Gasteiger partial charge in [-0.2, -0.15) is 0 Å². The van der Waals surface area contributed by atoms with Crippen LogP contribution in [0.2, 0.25) is 5.02 Å². The molecule has 0 saturated carbocycles. The minimum Gasteiger partial charge on any atom is -0.481 e. The third-order valence-corrected chi connectivity index (χ3v) is 1.99. The van der Waals surface area contributed by atoms with E-state index in [2.05, 4.69) is 0 Å². The number of rotatable bonds is 3. The topological polar surface area (TPSA) is 57.5 Å². The smallest absolute Gasteiger partial charge is 0.306 e. The highest BCUT2D eigenvalue weighted by Gasteiger charge is 2.13. The monoisotopic (exact) mass is 218 g/mol. The summed E-state index contributed by atoms with van der Waals surface area (Å²) in [5.41, 5.74) is 0.291. The molecule has 76 valence electrons. The molecule has 3 nitrogen and oxygen atoms in total. The molecule has 0 unspecified atom stereocenters. The maximum atomic E-state index is 12.7. The molecule has 0 amide bonds. The Bertz CT molecular complexity index is 354. The number of benzene rings is 1. The number of aliphatic carboxylic acids is 1. The second-order valence-electron chi connectivity index (χ2n) is 2.79. The molecule has 0 aliphatic carbocycles. The second-order valence-corrected chi connectivity index (χ2v) is 3.19. The average Bonchev–Trinajstić information content (AvgIpc) is 2.08. The summed E-state index contributed by atoms with van der Waals surface area (Å²) in [4.78, 5) is 10.3. The Labute approximate surface area is 84.7 Å². The van der Waals surface area contributed by atoms with Crippen LogP contribution in [-0.2, 0) is 4.79 Å². The molecule has 0 radical (unpaired) electrons. The normalized spacial score (nSPS) is 12.5. The summed E-state index contributed by atoms with van der Waals surface area (Å²) in [5.74, 6) is -1.73. The van der Waals surface area contributed by atoms with Crippen LogP contribution in [0.5, 0.6) is 0 Å². The molecule has 1 rings (SSSR count). The van der Waals surface area contributed by atoms with E-state index in [1.165, 1.54) is 12.1 Å². The summed E-state index contributed by atoms with van der Waals surface area (Å²) in [6.45, 7) is 0. The van der Waals surface area contributed by atoms with Gasteiger partial charge in [0, 0.05) is 0 Å². The van der Waals surface area contributed by atoms with Crippen molar-refractivity contribution in [2.45, 2.75) is 12.5 Å². The minimum absolute atomic E-state index is 0.132. The summed E-state index contributed by atoms with van der Waals surface area (Å²) < 4.78 is 12.7. The molecule has 5 heteroatoms. The first-order valence-electron chi connectivity index (χ1n) is 3.85. The van der Waals surface area contributed by atoms with E-state index in [-0.39, 0.29) is 5.02 Å². The van der Waals surface area contributed by atoms with Crippen molar-refractivity contribution in [2.24, 2.45) is 0 Å². The number of carboxylic acids is 1. The summed E-state index contributed by atoms with van der Waals surface area (Å²) in [7, 11) is 0. The highest BCUT2D eigenvalue weighted by Crippen LogP contribution is 2.22. The van der Waals surface area contributed by atoms with Crippen LogP contribution in [0.15, 0.2) is 18.2 Å². The quantitative estimate of drug-likeness (QED) is 0.816. The fourth-order valence-electron chi connectivity index (χ4n) is 1.00. The maximum Gasteiger partial charge on any atom is 0.306 e. The van der Waals surface area contributed by atoms with Gasteiger partial charge in [0.25, 0.3) is 0 Å². The molecule has 0 aromatic heterocycles. The Morgan fingerprint density at radius 3 is 2.71 bits per heavy atom. The summed E-state index contributed by atoms with van der Waals surface area (Å²) in [6, 6.07) is 3.60. The molecule has 1 atom stereocenters. The molecular formula is C9H8ClFO3. The molecule has 0 spiro atoms. The molecule has 0 fully saturated rings. The number of aliphatic hydroxyl groups is 1. The van der Waals surface area contributed by atoms with Gasteiger partial charge in [-0.25, -0.2) is 4.39 Å². The summed E-state index contributed by atoms with van der Waals surface area (Å²) >= 11 is 5.46. The van der Waals surface area contributed by atoms with E-state index >= 15 is 0 Å². The van der Waals surface area contributed by atoms with Crippen molar-refractivity contribution < 1.29 is 19.4 Å². The van der Waals surface area contributed by atoms with Crippen molar-refractivity contribution in [3.8, 4) is 0 Å². The number of carbonyl (C=O) groups is 1. The van der Waals surface area contributed by atoms with Crippen molar-refractivity contribution in [3.05, 3.63) is 34.6 Å². The Morgan fingerprint density at radius 2 is 2.21 bits per heavy atom. The van der Waals surface area contributed by atoms with E-state index in [9.17, 15) is 14.3 Å². The fourth-order valence-corrected chi connectivity index (χ4v) is 1.19. The fraction of sp³-hybridized carbons (Fsp3) is 0.222. The van der Waals surface area contributed by atoms with Crippen LogP contribution in [0, 0.1) is 5.82 Å². The molecule has 0 aliphatic rings. The lowest BCUT2D eigenvalue weighted by molar-refractivity contribution is -0.139. The van der Waals surface area contributed by atoms with Crippen molar-refractivity contribution in [1.82, 2.24) is 0 Å². The van der Waals surface area contributed by atoms with Crippen molar-refractivity contribution >= 4 is 17.6 Å². The van der Waals surface area contributed by atoms with Gasteiger partial charge in [0.15, 0.2) is 0 Å². The van der Waals surface area contributed by atoms with Crippen LogP contribution < -0.4 is 0 Å². The van der Waals surface area contributed by atoms with Gasteiger partial charge in [0.1, 0.15) is 5.82 Å². The van der Waals surface area contributed by atoms with Crippen LogP contribution in [0.1, 0.15) is 18.1 Å². The standard InChI is InChI=1S/C9H8ClFO3/c10-6-3-5(1-2-7(6)11)8(12)4-9(13)14/h1-3,8,12H,4H2,(H,13,14)/t8-/m1/s1. The van der Waals surface area contributed by atoms with Gasteiger partial charge < -0.3 is 10.2 Å². The number of halogens is 2. The Balaban J connectivity index is 2.85. The Hall–Kier alpha value is -1.13. The van der Waals surface area contributed by atoms with Gasteiger partial charge in [-0.15, -0.1) is 0 Å². The minimum atomic E-state index is -1.16. The van der Waals surface area contributed by atoms with Gasteiger partial charge in [0.2, 0.25) is 0 Å². The largest absolute Gasteiger partial charge is 0.481 e. The molecule has 2 N–H and O–H groups in total. The van der Waals surface area contributed by atoms with Crippen LogP contribution in [0.4, 0.5) is 4.39 Å². The summed E-state index contributed by atoms with van der Waals surface area (Å²) in [5, 5.41) is 17.6. The highest BCUT2D eigenvalue weighted by molar-refractivity contribution is 6.30. The number of hydrogen-bond donors (Lipinski definition) is 2. The molecule has 14 heavy (non-hydrogen) atoms.